The number of hydrogen-bond donors (Lipinski definition) is 0. The van der Waals surface area contributed by atoms with Crippen molar-refractivity contribution < 1.29 is 4.79 Å². The molecule has 3 nitrogen and oxygen atoms in total. The van der Waals surface area contributed by atoms with Crippen LogP contribution in [-0.2, 0) is 4.79 Å². The van der Waals surface area contributed by atoms with Crippen molar-refractivity contribution in [3.63, 3.8) is 0 Å². The van der Waals surface area contributed by atoms with Crippen LogP contribution in [0.3, 0.4) is 0 Å². The molecule has 1 saturated carbocycles. The van der Waals surface area contributed by atoms with Gasteiger partial charge in [0, 0.05) is 23.6 Å². The second kappa shape index (κ2) is 6.04. The Morgan fingerprint density at radius 2 is 1.86 bits per heavy atom. The summed E-state index contributed by atoms with van der Waals surface area (Å²) in [5.74, 6) is 1.06. The number of ketones is 1. The Morgan fingerprint density at radius 1 is 1.00 bits per heavy atom. The van der Waals surface area contributed by atoms with Gasteiger partial charge in [-0.3, -0.25) is 9.79 Å². The molecule has 28 heavy (non-hydrogen) atoms. The molecular weight excluding hydrogens is 344 g/mol. The fourth-order valence-electron chi connectivity index (χ4n) is 6.48. The van der Waals surface area contributed by atoms with Gasteiger partial charge in [-0.05, 0) is 68.2 Å². The van der Waals surface area contributed by atoms with Crippen LogP contribution in [0.5, 0.6) is 0 Å². The van der Waals surface area contributed by atoms with Gasteiger partial charge >= 0.3 is 0 Å². The van der Waals surface area contributed by atoms with Crippen molar-refractivity contribution in [2.75, 3.05) is 0 Å². The number of fused-ring (bicyclic) bond motifs is 3. The fourth-order valence-corrected chi connectivity index (χ4v) is 6.48. The Hall–Kier alpha value is -2.42. The molecule has 6 rings (SSSR count). The third-order valence-corrected chi connectivity index (χ3v) is 7.48. The molecule has 1 aromatic carbocycles. The average Bonchev–Trinajstić information content (AvgIpc) is 3.06. The molecule has 0 unspecified atom stereocenters. The van der Waals surface area contributed by atoms with E-state index in [1.165, 1.54) is 49.8 Å². The minimum atomic E-state index is -0.189. The van der Waals surface area contributed by atoms with Gasteiger partial charge in [-0.15, -0.1) is 0 Å². The van der Waals surface area contributed by atoms with Gasteiger partial charge in [0.05, 0.1) is 11.4 Å². The highest BCUT2D eigenvalue weighted by Crippen LogP contribution is 2.60. The van der Waals surface area contributed by atoms with E-state index in [2.05, 4.69) is 35.2 Å². The summed E-state index contributed by atoms with van der Waals surface area (Å²) >= 11 is 0. The normalized spacial score (nSPS) is 33.6. The van der Waals surface area contributed by atoms with E-state index >= 15 is 0 Å². The third kappa shape index (κ3) is 2.16. The standard InChI is InChI=1S/C25H26N2O/c28-18-13-14-21-23(16-18)27-22-12-5-4-10-19(22)24(17-8-2-1-3-9-17)20-11-6-7-15-25(20,27)26-21/h1-3,8-9,13-14,16,20,24H,4-7,10-12,15H2/t20-,24+,25-/m1/s1. The first-order valence-electron chi connectivity index (χ1n) is 10.9. The van der Waals surface area contributed by atoms with E-state index in [1.54, 1.807) is 11.6 Å². The minimum Gasteiger partial charge on any atom is -0.318 e. The van der Waals surface area contributed by atoms with E-state index in [0.29, 0.717) is 11.8 Å². The molecule has 0 saturated heterocycles. The first kappa shape index (κ1) is 16.5. The summed E-state index contributed by atoms with van der Waals surface area (Å²) in [4.78, 5) is 20.2. The van der Waals surface area contributed by atoms with Crippen molar-refractivity contribution in [3.8, 4) is 0 Å². The quantitative estimate of drug-likeness (QED) is 0.630. The molecule has 1 spiro atoms. The van der Waals surface area contributed by atoms with Crippen LogP contribution < -0.4 is 0 Å². The summed E-state index contributed by atoms with van der Waals surface area (Å²) in [5.41, 5.74) is 6.47. The molecule has 3 atom stereocenters. The predicted octanol–water partition coefficient (Wildman–Crippen LogP) is 5.28. The molecule has 5 aliphatic rings. The maximum atomic E-state index is 12.2. The lowest BCUT2D eigenvalue weighted by molar-refractivity contribution is -0.110. The van der Waals surface area contributed by atoms with Gasteiger partial charge in [0.1, 0.15) is 5.66 Å². The summed E-state index contributed by atoms with van der Waals surface area (Å²) in [5, 5.41) is 0. The molecular formula is C25H26N2O. The van der Waals surface area contributed by atoms with Crippen molar-refractivity contribution in [2.45, 2.75) is 62.9 Å². The molecule has 2 aliphatic heterocycles. The van der Waals surface area contributed by atoms with Crippen LogP contribution in [0.15, 0.2) is 70.5 Å². The van der Waals surface area contributed by atoms with E-state index in [9.17, 15) is 4.79 Å². The predicted molar refractivity (Wildman–Crippen MR) is 111 cm³/mol. The number of hydrogen-bond acceptors (Lipinski definition) is 3. The Balaban J connectivity index is 1.61. The van der Waals surface area contributed by atoms with Gasteiger partial charge < -0.3 is 4.90 Å². The summed E-state index contributed by atoms with van der Waals surface area (Å²) in [6.45, 7) is 0. The van der Waals surface area contributed by atoms with Crippen LogP contribution in [0.1, 0.15) is 62.8 Å². The van der Waals surface area contributed by atoms with E-state index in [-0.39, 0.29) is 11.4 Å². The zero-order valence-corrected chi connectivity index (χ0v) is 16.2. The minimum absolute atomic E-state index is 0.0986. The van der Waals surface area contributed by atoms with Crippen LogP contribution >= 0.6 is 0 Å². The summed E-state index contributed by atoms with van der Waals surface area (Å²) in [6.07, 6.45) is 15.1. The maximum absolute atomic E-state index is 12.2. The SMILES string of the molecule is O=C1C=CC2=N[C@@]34CCCC[C@@H]3[C@@H](c3ccccc3)C3=C(CCCC3)N4C2=C1. The second-order valence-electron chi connectivity index (χ2n) is 8.90. The average molecular weight is 370 g/mol. The van der Waals surface area contributed by atoms with Crippen molar-refractivity contribution in [1.82, 2.24) is 4.90 Å². The van der Waals surface area contributed by atoms with Gasteiger partial charge in [0.2, 0.25) is 0 Å². The molecule has 0 radical (unpaired) electrons. The van der Waals surface area contributed by atoms with Gasteiger partial charge in [0.15, 0.2) is 5.78 Å². The van der Waals surface area contributed by atoms with Gasteiger partial charge in [0.25, 0.3) is 0 Å². The van der Waals surface area contributed by atoms with Crippen LogP contribution in [-0.4, -0.2) is 22.1 Å². The van der Waals surface area contributed by atoms with E-state index in [0.717, 1.165) is 24.3 Å². The van der Waals surface area contributed by atoms with E-state index < -0.39 is 0 Å². The smallest absolute Gasteiger partial charge is 0.180 e. The zero-order valence-electron chi connectivity index (χ0n) is 16.2. The molecule has 0 aromatic heterocycles. The molecule has 3 aliphatic carbocycles. The van der Waals surface area contributed by atoms with Crippen molar-refractivity contribution in [1.29, 1.82) is 0 Å². The number of carbonyl (C=O) groups is 1. The number of rotatable bonds is 1. The summed E-state index contributed by atoms with van der Waals surface area (Å²) in [6, 6.07) is 11.1. The number of carbonyl (C=O) groups excluding carboxylic acids is 1. The number of benzene rings is 1. The lowest BCUT2D eigenvalue weighted by atomic mass is 9.62. The number of aliphatic imine (C=N–C) groups is 1. The molecule has 1 aromatic rings. The van der Waals surface area contributed by atoms with Crippen LogP contribution in [0.2, 0.25) is 0 Å². The Bertz CT molecular complexity index is 968. The summed E-state index contributed by atoms with van der Waals surface area (Å²) < 4.78 is 0. The highest BCUT2D eigenvalue weighted by molar-refractivity contribution is 6.20. The lowest BCUT2D eigenvalue weighted by Gasteiger charge is -2.56. The van der Waals surface area contributed by atoms with Crippen LogP contribution in [0.25, 0.3) is 0 Å². The van der Waals surface area contributed by atoms with Crippen molar-refractivity contribution in [2.24, 2.45) is 10.9 Å². The first-order chi connectivity index (χ1) is 13.8. The highest BCUT2D eigenvalue weighted by atomic mass is 16.1. The number of allylic oxidation sites excluding steroid dienone is 5. The molecule has 142 valence electrons. The third-order valence-electron chi connectivity index (χ3n) is 7.48. The summed E-state index contributed by atoms with van der Waals surface area (Å²) in [7, 11) is 0. The fraction of sp³-hybridized carbons (Fsp3) is 0.440. The Labute approximate surface area is 166 Å². The highest BCUT2D eigenvalue weighted by Gasteiger charge is 2.58. The Kier molecular flexibility index (Phi) is 3.56. The molecule has 1 fully saturated rings. The van der Waals surface area contributed by atoms with Crippen molar-refractivity contribution >= 4 is 11.5 Å². The molecule has 2 heterocycles. The van der Waals surface area contributed by atoms with Gasteiger partial charge in [-0.1, -0.05) is 36.8 Å². The number of nitrogens with zero attached hydrogens (tertiary/aromatic N) is 2. The van der Waals surface area contributed by atoms with E-state index in [4.69, 9.17) is 4.99 Å². The largest absolute Gasteiger partial charge is 0.318 e. The maximum Gasteiger partial charge on any atom is 0.180 e. The topological polar surface area (TPSA) is 32.7 Å². The lowest BCUT2D eigenvalue weighted by Crippen LogP contribution is -2.56. The zero-order chi connectivity index (χ0) is 18.7. The van der Waals surface area contributed by atoms with Gasteiger partial charge in [-0.25, -0.2) is 0 Å². The Morgan fingerprint density at radius 3 is 2.75 bits per heavy atom. The second-order valence-corrected chi connectivity index (χ2v) is 8.90. The first-order valence-corrected chi connectivity index (χ1v) is 10.9. The molecule has 0 bridgehead atoms. The molecule has 0 amide bonds. The van der Waals surface area contributed by atoms with Crippen LogP contribution in [0.4, 0.5) is 0 Å². The molecule has 0 N–H and O–H groups in total. The van der Waals surface area contributed by atoms with E-state index in [1.807, 2.05) is 12.2 Å². The van der Waals surface area contributed by atoms with Crippen LogP contribution in [0, 0.1) is 5.92 Å². The van der Waals surface area contributed by atoms with Gasteiger partial charge in [-0.2, -0.15) is 0 Å². The molecule has 3 heteroatoms. The van der Waals surface area contributed by atoms with Crippen molar-refractivity contribution in [3.05, 3.63) is 71.1 Å². The monoisotopic (exact) mass is 370 g/mol.